The fourth-order valence-corrected chi connectivity index (χ4v) is 10.4. The number of aliphatic hydroxyl groups excluding tert-OH is 2. The largest absolute Gasteiger partial charge is 0.394 e. The number of hydrogen-bond acceptors (Lipinski definition) is 6. The predicted octanol–water partition coefficient (Wildman–Crippen LogP) is 20.0. The molecule has 0 aromatic heterocycles. The first-order valence-corrected chi connectivity index (χ1v) is 32.4. The van der Waals surface area contributed by atoms with Crippen molar-refractivity contribution in [3.8, 4) is 0 Å². The van der Waals surface area contributed by atoms with Crippen LogP contribution in [0.4, 0.5) is 0 Å². The van der Waals surface area contributed by atoms with Gasteiger partial charge >= 0.3 is 0 Å². The van der Waals surface area contributed by atoms with Crippen molar-refractivity contribution in [1.82, 2.24) is 0 Å². The average molecular weight is 1030 g/mol. The molecule has 0 saturated heterocycles. The molecule has 0 aliphatic carbocycles. The minimum atomic E-state index is -2.80. The SMILES string of the molecule is CCCCCC/C=C\CCCCCCCCCC(=O)C(O)(C(=O)C(CCCCCCCC/C=C\CCCCCC)C(=O)/C=C/CCCCCCCCCCCCCCCCCCCCCCCCC)C(O)CO. The van der Waals surface area contributed by atoms with Crippen LogP contribution >= 0.6 is 0 Å². The molecule has 0 heterocycles. The molecular formula is C67H124O6. The van der Waals surface area contributed by atoms with E-state index in [-0.39, 0.29) is 12.8 Å². The van der Waals surface area contributed by atoms with Gasteiger partial charge in [-0.2, -0.15) is 0 Å². The molecule has 0 amide bonds. The van der Waals surface area contributed by atoms with Crippen LogP contribution in [-0.4, -0.2) is 51.0 Å². The van der Waals surface area contributed by atoms with Gasteiger partial charge in [-0.1, -0.05) is 295 Å². The number of unbranched alkanes of at least 4 members (excludes halogenated alkanes) is 44. The summed E-state index contributed by atoms with van der Waals surface area (Å²) in [7, 11) is 0. The van der Waals surface area contributed by atoms with Crippen LogP contribution < -0.4 is 0 Å². The van der Waals surface area contributed by atoms with Crippen molar-refractivity contribution in [2.24, 2.45) is 5.92 Å². The molecule has 0 radical (unpaired) electrons. The van der Waals surface area contributed by atoms with Crippen LogP contribution in [0.25, 0.3) is 0 Å². The van der Waals surface area contributed by atoms with Gasteiger partial charge in [-0.25, -0.2) is 0 Å². The highest BCUT2D eigenvalue weighted by Crippen LogP contribution is 2.27. The predicted molar refractivity (Wildman–Crippen MR) is 316 cm³/mol. The monoisotopic (exact) mass is 1020 g/mol. The van der Waals surface area contributed by atoms with E-state index < -0.39 is 41.6 Å². The molecule has 0 spiro atoms. The zero-order valence-electron chi connectivity index (χ0n) is 49.0. The highest BCUT2D eigenvalue weighted by Gasteiger charge is 2.52. The third-order valence-corrected chi connectivity index (χ3v) is 15.5. The number of carbonyl (C=O) groups is 3. The van der Waals surface area contributed by atoms with Gasteiger partial charge in [-0.3, -0.25) is 14.4 Å². The normalized spacial score (nSPS) is 13.7. The van der Waals surface area contributed by atoms with E-state index in [1.165, 1.54) is 218 Å². The van der Waals surface area contributed by atoms with Crippen LogP contribution in [-0.2, 0) is 14.4 Å². The summed E-state index contributed by atoms with van der Waals surface area (Å²) in [5.74, 6) is -3.40. The molecule has 0 aliphatic heterocycles. The Bertz CT molecular complexity index is 1290. The van der Waals surface area contributed by atoms with E-state index in [0.717, 1.165) is 89.9 Å². The number of Topliss-reactive ketones (excluding diaryl/α,β-unsaturated/α-hetero) is 2. The summed E-state index contributed by atoms with van der Waals surface area (Å²) < 4.78 is 0. The van der Waals surface area contributed by atoms with Crippen LogP contribution in [0, 0.1) is 5.92 Å². The Hall–Kier alpha value is -1.89. The lowest BCUT2D eigenvalue weighted by molar-refractivity contribution is -0.169. The number of ketones is 3. The highest BCUT2D eigenvalue weighted by molar-refractivity contribution is 6.19. The van der Waals surface area contributed by atoms with Gasteiger partial charge in [0.2, 0.25) is 5.60 Å². The maximum Gasteiger partial charge on any atom is 0.210 e. The zero-order chi connectivity index (χ0) is 53.4. The Balaban J connectivity index is 4.80. The van der Waals surface area contributed by atoms with Crippen molar-refractivity contribution in [3.05, 3.63) is 36.5 Å². The first-order chi connectivity index (χ1) is 35.8. The zero-order valence-corrected chi connectivity index (χ0v) is 49.0. The quantitative estimate of drug-likeness (QED) is 0.0242. The van der Waals surface area contributed by atoms with Crippen LogP contribution in [0.5, 0.6) is 0 Å². The molecular weight excluding hydrogens is 901 g/mol. The summed E-state index contributed by atoms with van der Waals surface area (Å²) in [6, 6.07) is 0. The second-order valence-electron chi connectivity index (χ2n) is 22.5. The molecule has 3 unspecified atom stereocenters. The number of hydrogen-bond donors (Lipinski definition) is 3. The van der Waals surface area contributed by atoms with E-state index in [0.29, 0.717) is 12.8 Å². The lowest BCUT2D eigenvalue weighted by atomic mass is 9.76. The third kappa shape index (κ3) is 43.9. The molecule has 428 valence electrons. The minimum Gasteiger partial charge on any atom is -0.394 e. The molecule has 0 bridgehead atoms. The number of rotatable bonds is 60. The average Bonchev–Trinajstić information content (AvgIpc) is 3.40. The van der Waals surface area contributed by atoms with Crippen molar-refractivity contribution in [3.63, 3.8) is 0 Å². The molecule has 6 nitrogen and oxygen atoms in total. The maximum atomic E-state index is 14.2. The number of aliphatic hydroxyl groups is 3. The van der Waals surface area contributed by atoms with Gasteiger partial charge in [0, 0.05) is 6.42 Å². The van der Waals surface area contributed by atoms with Crippen LogP contribution in [0.3, 0.4) is 0 Å². The number of allylic oxidation sites excluding steroid dienone is 6. The summed E-state index contributed by atoms with van der Waals surface area (Å²) in [5.41, 5.74) is -2.80. The molecule has 0 rings (SSSR count). The molecule has 0 aromatic rings. The Morgan fingerprint density at radius 1 is 0.370 bits per heavy atom. The lowest BCUT2D eigenvalue weighted by Crippen LogP contribution is -2.60. The van der Waals surface area contributed by atoms with Crippen molar-refractivity contribution < 1.29 is 29.7 Å². The Labute approximate surface area is 454 Å². The second-order valence-corrected chi connectivity index (χ2v) is 22.5. The molecule has 3 atom stereocenters. The van der Waals surface area contributed by atoms with E-state index in [1.54, 1.807) is 0 Å². The smallest absolute Gasteiger partial charge is 0.210 e. The molecule has 0 aromatic carbocycles. The van der Waals surface area contributed by atoms with E-state index in [1.807, 2.05) is 6.08 Å². The Kier molecular flexibility index (Phi) is 54.9. The third-order valence-electron chi connectivity index (χ3n) is 15.5. The van der Waals surface area contributed by atoms with Gasteiger partial charge in [0.1, 0.15) is 6.10 Å². The summed E-state index contributed by atoms with van der Waals surface area (Å²) in [6.07, 6.45) is 70.0. The van der Waals surface area contributed by atoms with Gasteiger partial charge in [0.05, 0.1) is 12.5 Å². The fraction of sp³-hybridized carbons (Fsp3) is 0.866. The second kappa shape index (κ2) is 56.3. The van der Waals surface area contributed by atoms with Gasteiger partial charge in [0.15, 0.2) is 17.3 Å². The van der Waals surface area contributed by atoms with Crippen molar-refractivity contribution in [2.75, 3.05) is 6.61 Å². The van der Waals surface area contributed by atoms with Crippen LogP contribution in [0.1, 0.15) is 348 Å². The summed E-state index contributed by atoms with van der Waals surface area (Å²) in [5, 5.41) is 32.6. The first-order valence-electron chi connectivity index (χ1n) is 32.4. The first kappa shape index (κ1) is 71.1. The van der Waals surface area contributed by atoms with Crippen LogP contribution in [0.2, 0.25) is 0 Å². The fourth-order valence-electron chi connectivity index (χ4n) is 10.4. The van der Waals surface area contributed by atoms with E-state index in [2.05, 4.69) is 45.1 Å². The maximum absolute atomic E-state index is 14.2. The van der Waals surface area contributed by atoms with Gasteiger partial charge in [-0.15, -0.1) is 0 Å². The van der Waals surface area contributed by atoms with Crippen molar-refractivity contribution in [1.29, 1.82) is 0 Å². The molecule has 0 fully saturated rings. The summed E-state index contributed by atoms with van der Waals surface area (Å²) in [4.78, 5) is 41.7. The highest BCUT2D eigenvalue weighted by atomic mass is 16.4. The molecule has 3 N–H and O–H groups in total. The molecule has 73 heavy (non-hydrogen) atoms. The lowest BCUT2D eigenvalue weighted by Gasteiger charge is -2.32. The van der Waals surface area contributed by atoms with Crippen molar-refractivity contribution in [2.45, 2.75) is 360 Å². The van der Waals surface area contributed by atoms with Gasteiger partial charge < -0.3 is 15.3 Å². The molecule has 6 heteroatoms. The molecule has 0 saturated carbocycles. The van der Waals surface area contributed by atoms with Gasteiger partial charge in [0.25, 0.3) is 0 Å². The Morgan fingerprint density at radius 3 is 0.945 bits per heavy atom. The summed E-state index contributed by atoms with van der Waals surface area (Å²) >= 11 is 0. The van der Waals surface area contributed by atoms with Gasteiger partial charge in [-0.05, 0) is 83.1 Å². The summed E-state index contributed by atoms with van der Waals surface area (Å²) in [6.45, 7) is 5.83. The Morgan fingerprint density at radius 2 is 0.630 bits per heavy atom. The van der Waals surface area contributed by atoms with Crippen LogP contribution in [0.15, 0.2) is 36.5 Å². The van der Waals surface area contributed by atoms with E-state index >= 15 is 0 Å². The van der Waals surface area contributed by atoms with E-state index in [9.17, 15) is 29.7 Å². The standard InChI is InChI=1S/C67H124O6/c1-4-7-10-13-16-19-22-25-28-29-30-31-32-33-34-35-36-37-39-41-44-47-50-53-56-59-63(69)62(58-55-52-49-46-43-40-27-24-21-18-15-12-9-6-3)66(72)67(73,65(71)61-68)64(70)60-57-54-51-48-45-42-38-26-23-20-17-14-11-8-5-2/h20-21,23-24,56,59,62,65,68,71,73H,4-19,22,25-55,57-58,60-61H2,1-3H3/b23-20-,24-21-,59-56+. The minimum absolute atomic E-state index is 0.0767. The topological polar surface area (TPSA) is 112 Å². The van der Waals surface area contributed by atoms with Crippen molar-refractivity contribution >= 4 is 17.3 Å². The molecule has 0 aliphatic rings. The number of carbonyl (C=O) groups excluding carboxylic acids is 3. The van der Waals surface area contributed by atoms with E-state index in [4.69, 9.17) is 0 Å².